The largest absolute Gasteiger partial charge is 0.390 e. The number of likely N-dealkylation sites (N-methyl/N-ethyl adjacent to an activating group) is 1. The van der Waals surface area contributed by atoms with Gasteiger partial charge < -0.3 is 20.6 Å². The molecule has 0 aliphatic carbocycles. The number of halogens is 2. The van der Waals surface area contributed by atoms with Gasteiger partial charge in [0.25, 0.3) is 11.8 Å². The number of aliphatic hydroxyl groups excluding tert-OH is 1. The molecule has 6 nitrogen and oxygen atoms in total. The van der Waals surface area contributed by atoms with Gasteiger partial charge in [0.2, 0.25) is 0 Å². The van der Waals surface area contributed by atoms with Crippen molar-refractivity contribution in [3.8, 4) is 0 Å². The van der Waals surface area contributed by atoms with E-state index in [1.807, 2.05) is 19.1 Å². The van der Waals surface area contributed by atoms with Crippen LogP contribution in [0.2, 0.25) is 0 Å². The highest BCUT2D eigenvalue weighted by Gasteiger charge is 2.29. The van der Waals surface area contributed by atoms with Crippen LogP contribution < -0.4 is 10.6 Å². The lowest BCUT2D eigenvalue weighted by Crippen LogP contribution is -2.49. The topological polar surface area (TPSA) is 81.7 Å². The molecule has 2 amide bonds. The molecular formula is C33H41F2N3O3. The second-order valence-electron chi connectivity index (χ2n) is 10.5. The fraction of sp³-hybridized carbons (Fsp3) is 0.394. The van der Waals surface area contributed by atoms with Gasteiger partial charge in [-0.1, -0.05) is 44.5 Å². The number of unbranched alkanes of at least 4 members (excludes halogenated alkanes) is 1. The molecule has 3 N–H and O–H groups in total. The first kappa shape index (κ1) is 31.9. The minimum absolute atomic E-state index is 0.0290. The van der Waals surface area contributed by atoms with Crippen molar-refractivity contribution in [2.75, 3.05) is 20.1 Å². The standard InChI is InChI=1S/C33H41F2N3O3/c1-5-7-11-37-32(40)26-12-22(3)13-27(18-26)33(41)38(4)30(17-25-15-28(34)19-29(35)16-25)31(39)21-36-20-24-10-8-9-23(6-2)14-24/h8-10,12-16,18-19,30-31,36,39H,5-7,11,17,20-21H2,1-4H3,(H,37,40)/t30-,31+/m0/s1. The summed E-state index contributed by atoms with van der Waals surface area (Å²) in [5, 5.41) is 17.4. The monoisotopic (exact) mass is 565 g/mol. The molecule has 0 aromatic heterocycles. The lowest BCUT2D eigenvalue weighted by Gasteiger charge is -2.33. The molecule has 0 unspecified atom stereocenters. The summed E-state index contributed by atoms with van der Waals surface area (Å²) in [7, 11) is 1.56. The zero-order valence-corrected chi connectivity index (χ0v) is 24.3. The van der Waals surface area contributed by atoms with Crippen LogP contribution in [0.15, 0.2) is 60.7 Å². The lowest BCUT2D eigenvalue weighted by molar-refractivity contribution is 0.0440. The van der Waals surface area contributed by atoms with Crippen molar-refractivity contribution in [2.24, 2.45) is 0 Å². The van der Waals surface area contributed by atoms with Gasteiger partial charge in [0.1, 0.15) is 11.6 Å². The Balaban J connectivity index is 1.82. The number of carbonyl (C=O) groups is 2. The third-order valence-electron chi connectivity index (χ3n) is 7.11. The van der Waals surface area contributed by atoms with Gasteiger partial charge in [-0.05, 0) is 78.8 Å². The van der Waals surface area contributed by atoms with E-state index in [2.05, 4.69) is 29.7 Å². The molecule has 0 radical (unpaired) electrons. The number of carbonyl (C=O) groups excluding carboxylic acids is 2. The number of nitrogens with zero attached hydrogens (tertiary/aromatic N) is 1. The van der Waals surface area contributed by atoms with Crippen LogP contribution in [0, 0.1) is 18.6 Å². The summed E-state index contributed by atoms with van der Waals surface area (Å²) < 4.78 is 28.0. The Kier molecular flexibility index (Phi) is 12.0. The van der Waals surface area contributed by atoms with Crippen molar-refractivity contribution < 1.29 is 23.5 Å². The van der Waals surface area contributed by atoms with E-state index in [-0.39, 0.29) is 18.9 Å². The highest BCUT2D eigenvalue weighted by Crippen LogP contribution is 2.19. The van der Waals surface area contributed by atoms with Gasteiger partial charge >= 0.3 is 0 Å². The van der Waals surface area contributed by atoms with Gasteiger partial charge in [-0.2, -0.15) is 0 Å². The van der Waals surface area contributed by atoms with E-state index in [9.17, 15) is 23.5 Å². The molecule has 41 heavy (non-hydrogen) atoms. The Bertz CT molecular complexity index is 1310. The first-order chi connectivity index (χ1) is 19.6. The minimum Gasteiger partial charge on any atom is -0.390 e. The predicted octanol–water partition coefficient (Wildman–Crippen LogP) is 5.20. The normalized spacial score (nSPS) is 12.6. The van der Waals surface area contributed by atoms with Crippen molar-refractivity contribution in [2.45, 2.75) is 65.1 Å². The molecule has 0 saturated heterocycles. The van der Waals surface area contributed by atoms with Crippen molar-refractivity contribution in [3.05, 3.63) is 106 Å². The molecule has 220 valence electrons. The van der Waals surface area contributed by atoms with E-state index in [0.29, 0.717) is 29.8 Å². The maximum Gasteiger partial charge on any atom is 0.253 e. The number of amides is 2. The summed E-state index contributed by atoms with van der Waals surface area (Å²) in [6.07, 6.45) is 1.69. The molecule has 2 atom stereocenters. The Labute approximate surface area is 241 Å². The van der Waals surface area contributed by atoms with Crippen molar-refractivity contribution in [1.82, 2.24) is 15.5 Å². The van der Waals surface area contributed by atoms with Crippen LogP contribution in [0.4, 0.5) is 8.78 Å². The number of benzene rings is 3. The van der Waals surface area contributed by atoms with Gasteiger partial charge in [-0.3, -0.25) is 9.59 Å². The van der Waals surface area contributed by atoms with E-state index in [1.54, 1.807) is 26.1 Å². The molecule has 3 aromatic carbocycles. The number of hydrogen-bond donors (Lipinski definition) is 3. The van der Waals surface area contributed by atoms with Crippen LogP contribution in [-0.4, -0.2) is 54.1 Å². The smallest absolute Gasteiger partial charge is 0.253 e. The van der Waals surface area contributed by atoms with E-state index in [1.165, 1.54) is 28.7 Å². The number of rotatable bonds is 14. The molecule has 0 aliphatic rings. The number of aliphatic hydroxyl groups is 1. The van der Waals surface area contributed by atoms with Gasteiger partial charge in [0, 0.05) is 43.9 Å². The van der Waals surface area contributed by atoms with Gasteiger partial charge in [0.15, 0.2) is 0 Å². The van der Waals surface area contributed by atoms with Crippen LogP contribution in [0.25, 0.3) is 0 Å². The Morgan fingerprint density at radius 3 is 2.29 bits per heavy atom. The van der Waals surface area contributed by atoms with E-state index >= 15 is 0 Å². The molecule has 8 heteroatoms. The van der Waals surface area contributed by atoms with Crippen molar-refractivity contribution in [1.29, 1.82) is 0 Å². The molecule has 3 aromatic rings. The Hall–Kier alpha value is -3.62. The molecule has 0 saturated carbocycles. The SMILES string of the molecule is CCCCNC(=O)c1cc(C)cc(C(=O)N(C)[C@@H](Cc2cc(F)cc(F)c2)[C@H](O)CNCc2cccc(CC)c2)c1. The van der Waals surface area contributed by atoms with Crippen LogP contribution >= 0.6 is 0 Å². The highest BCUT2D eigenvalue weighted by atomic mass is 19.1. The van der Waals surface area contributed by atoms with Gasteiger partial charge in [-0.15, -0.1) is 0 Å². The predicted molar refractivity (Wildman–Crippen MR) is 158 cm³/mol. The van der Waals surface area contributed by atoms with Crippen molar-refractivity contribution in [3.63, 3.8) is 0 Å². The van der Waals surface area contributed by atoms with Crippen LogP contribution in [0.5, 0.6) is 0 Å². The van der Waals surface area contributed by atoms with Gasteiger partial charge in [0.05, 0.1) is 12.1 Å². The summed E-state index contributed by atoms with van der Waals surface area (Å²) in [6.45, 7) is 7.13. The summed E-state index contributed by atoms with van der Waals surface area (Å²) in [4.78, 5) is 27.8. The fourth-order valence-electron chi connectivity index (χ4n) is 4.83. The second-order valence-corrected chi connectivity index (χ2v) is 10.5. The zero-order valence-electron chi connectivity index (χ0n) is 24.3. The quantitative estimate of drug-likeness (QED) is 0.235. The summed E-state index contributed by atoms with van der Waals surface area (Å²) in [6, 6.07) is 15.5. The van der Waals surface area contributed by atoms with Gasteiger partial charge in [-0.25, -0.2) is 8.78 Å². The molecule has 3 rings (SSSR count). The van der Waals surface area contributed by atoms with E-state index < -0.39 is 29.7 Å². The maximum absolute atomic E-state index is 14.0. The molecule has 0 bridgehead atoms. The average Bonchev–Trinajstić information content (AvgIpc) is 2.94. The lowest BCUT2D eigenvalue weighted by atomic mass is 9.97. The summed E-state index contributed by atoms with van der Waals surface area (Å²) in [5.74, 6) is -2.13. The van der Waals surface area contributed by atoms with Crippen LogP contribution in [0.1, 0.15) is 69.7 Å². The van der Waals surface area contributed by atoms with Crippen LogP contribution in [-0.2, 0) is 19.4 Å². The number of hydrogen-bond acceptors (Lipinski definition) is 4. The first-order valence-electron chi connectivity index (χ1n) is 14.2. The fourth-order valence-corrected chi connectivity index (χ4v) is 4.83. The minimum atomic E-state index is -1.05. The van der Waals surface area contributed by atoms with E-state index in [0.717, 1.165) is 36.5 Å². The number of nitrogens with one attached hydrogen (secondary N) is 2. The molecular weight excluding hydrogens is 524 g/mol. The van der Waals surface area contributed by atoms with E-state index in [4.69, 9.17) is 0 Å². The third-order valence-corrected chi connectivity index (χ3v) is 7.11. The zero-order chi connectivity index (χ0) is 29.9. The Morgan fingerprint density at radius 1 is 0.927 bits per heavy atom. The third kappa shape index (κ3) is 9.47. The highest BCUT2D eigenvalue weighted by molar-refractivity contribution is 6.00. The summed E-state index contributed by atoms with van der Waals surface area (Å²) >= 11 is 0. The first-order valence-corrected chi connectivity index (χ1v) is 14.2. The maximum atomic E-state index is 14.0. The molecule has 0 spiro atoms. The van der Waals surface area contributed by atoms with Crippen LogP contribution in [0.3, 0.4) is 0 Å². The van der Waals surface area contributed by atoms with Crippen molar-refractivity contribution >= 4 is 11.8 Å². The number of aryl methyl sites for hydroxylation is 2. The summed E-state index contributed by atoms with van der Waals surface area (Å²) in [5.41, 5.74) is 4.00. The molecule has 0 aliphatic heterocycles. The second kappa shape index (κ2) is 15.4. The Morgan fingerprint density at radius 2 is 1.61 bits per heavy atom. The molecule has 0 heterocycles. The average molecular weight is 566 g/mol. The molecule has 0 fully saturated rings.